The summed E-state index contributed by atoms with van der Waals surface area (Å²) in [6, 6.07) is 3.87. The molecule has 0 saturated carbocycles. The molecule has 1 amide bonds. The molecule has 3 N–H and O–H groups in total. The van der Waals surface area contributed by atoms with Crippen molar-refractivity contribution < 1.29 is 13.9 Å². The van der Waals surface area contributed by atoms with Gasteiger partial charge in [-0.05, 0) is 24.6 Å². The summed E-state index contributed by atoms with van der Waals surface area (Å²) in [4.78, 5) is 11.4. The molecule has 0 saturated heterocycles. The number of amides is 1. The van der Waals surface area contributed by atoms with Gasteiger partial charge in [0, 0.05) is 20.1 Å². The summed E-state index contributed by atoms with van der Waals surface area (Å²) in [6.07, 6.45) is 0.994. The fraction of sp³-hybridized carbons (Fsp3) is 0.364. The monoisotopic (exact) mass is 226 g/mol. The molecule has 0 unspecified atom stereocenters. The lowest BCUT2D eigenvalue weighted by atomic mass is 10.2. The molecule has 0 aromatic heterocycles. The van der Waals surface area contributed by atoms with Crippen molar-refractivity contribution in [1.29, 1.82) is 0 Å². The van der Waals surface area contributed by atoms with Gasteiger partial charge in [-0.1, -0.05) is 0 Å². The molecule has 88 valence electrons. The van der Waals surface area contributed by atoms with Crippen molar-refractivity contribution in [3.05, 3.63) is 24.0 Å². The molecule has 0 atom stereocenters. The molecule has 0 bridgehead atoms. The van der Waals surface area contributed by atoms with E-state index in [2.05, 4.69) is 5.32 Å². The van der Waals surface area contributed by atoms with E-state index in [0.717, 1.165) is 0 Å². The maximum atomic E-state index is 12.7. The third-order valence-electron chi connectivity index (χ3n) is 2.04. The molecule has 0 aliphatic carbocycles. The average molecular weight is 226 g/mol. The zero-order valence-corrected chi connectivity index (χ0v) is 9.13. The molecule has 0 fully saturated rings. The minimum atomic E-state index is -0.421. The minimum absolute atomic E-state index is 0.157. The maximum Gasteiger partial charge on any atom is 0.224 e. The molecule has 16 heavy (non-hydrogen) atoms. The molecule has 1 aromatic carbocycles. The van der Waals surface area contributed by atoms with Crippen LogP contribution in [-0.4, -0.2) is 19.6 Å². The van der Waals surface area contributed by atoms with Crippen molar-refractivity contribution in [3.8, 4) is 0 Å². The van der Waals surface area contributed by atoms with Crippen molar-refractivity contribution in [1.82, 2.24) is 0 Å². The summed E-state index contributed by atoms with van der Waals surface area (Å²) < 4.78 is 17.6. The number of carbonyl (C=O) groups excluding carboxylic acids is 1. The van der Waals surface area contributed by atoms with Crippen LogP contribution >= 0.6 is 0 Å². The predicted molar refractivity (Wildman–Crippen MR) is 60.6 cm³/mol. The van der Waals surface area contributed by atoms with Crippen LogP contribution in [0.4, 0.5) is 15.8 Å². The Labute approximate surface area is 93.6 Å². The van der Waals surface area contributed by atoms with Gasteiger partial charge >= 0.3 is 0 Å². The molecular formula is C11H15FN2O2. The Hall–Kier alpha value is -1.62. The van der Waals surface area contributed by atoms with Gasteiger partial charge in [0.1, 0.15) is 5.82 Å². The van der Waals surface area contributed by atoms with E-state index in [1.807, 2.05) is 0 Å². The summed E-state index contributed by atoms with van der Waals surface area (Å²) in [6.45, 7) is 0.534. The molecule has 0 aliphatic heterocycles. The van der Waals surface area contributed by atoms with E-state index in [1.165, 1.54) is 18.2 Å². The van der Waals surface area contributed by atoms with Crippen LogP contribution in [0.1, 0.15) is 12.8 Å². The molecule has 5 heteroatoms. The minimum Gasteiger partial charge on any atom is -0.397 e. The Morgan fingerprint density at radius 2 is 2.31 bits per heavy atom. The van der Waals surface area contributed by atoms with Gasteiger partial charge in [-0.3, -0.25) is 4.79 Å². The Morgan fingerprint density at radius 3 is 2.94 bits per heavy atom. The number of ether oxygens (including phenoxy) is 1. The highest BCUT2D eigenvalue weighted by Crippen LogP contribution is 2.19. The first-order valence-corrected chi connectivity index (χ1v) is 4.97. The van der Waals surface area contributed by atoms with Gasteiger partial charge in [0.05, 0.1) is 11.4 Å². The van der Waals surface area contributed by atoms with Gasteiger partial charge in [-0.25, -0.2) is 4.39 Å². The number of hydrogen-bond acceptors (Lipinski definition) is 3. The van der Waals surface area contributed by atoms with Crippen LogP contribution in [0.25, 0.3) is 0 Å². The fourth-order valence-electron chi connectivity index (χ4n) is 1.24. The highest BCUT2D eigenvalue weighted by molar-refractivity contribution is 5.93. The van der Waals surface area contributed by atoms with Crippen molar-refractivity contribution in [3.63, 3.8) is 0 Å². The van der Waals surface area contributed by atoms with E-state index in [1.54, 1.807) is 7.11 Å². The predicted octanol–water partition coefficient (Wildman–Crippen LogP) is 1.77. The first-order chi connectivity index (χ1) is 7.63. The highest BCUT2D eigenvalue weighted by atomic mass is 19.1. The number of nitrogen functional groups attached to an aromatic ring is 1. The SMILES string of the molecule is COCCCC(=O)Nc1ccc(F)cc1N. The highest BCUT2D eigenvalue weighted by Gasteiger charge is 2.05. The number of nitrogens with two attached hydrogens (primary N) is 1. The first kappa shape index (κ1) is 12.4. The van der Waals surface area contributed by atoms with Crippen LogP contribution in [0, 0.1) is 5.82 Å². The first-order valence-electron chi connectivity index (χ1n) is 4.97. The third kappa shape index (κ3) is 3.86. The van der Waals surface area contributed by atoms with E-state index in [-0.39, 0.29) is 11.6 Å². The number of nitrogens with one attached hydrogen (secondary N) is 1. The van der Waals surface area contributed by atoms with E-state index >= 15 is 0 Å². The summed E-state index contributed by atoms with van der Waals surface area (Å²) >= 11 is 0. The number of hydrogen-bond donors (Lipinski definition) is 2. The zero-order chi connectivity index (χ0) is 12.0. The van der Waals surface area contributed by atoms with Gasteiger partial charge in [0.25, 0.3) is 0 Å². The third-order valence-corrected chi connectivity index (χ3v) is 2.04. The Kier molecular flexibility index (Phi) is 4.72. The van der Waals surface area contributed by atoms with Crippen molar-refractivity contribution in [2.24, 2.45) is 0 Å². The maximum absolute atomic E-state index is 12.7. The molecule has 4 nitrogen and oxygen atoms in total. The molecule has 0 radical (unpaired) electrons. The summed E-state index contributed by atoms with van der Waals surface area (Å²) in [5, 5.41) is 2.61. The van der Waals surface area contributed by atoms with Gasteiger partial charge in [0.2, 0.25) is 5.91 Å². The molecule has 1 aromatic rings. The summed E-state index contributed by atoms with van der Waals surface area (Å²) in [5.74, 6) is -0.578. The average Bonchev–Trinajstić information content (AvgIpc) is 2.23. The van der Waals surface area contributed by atoms with Gasteiger partial charge < -0.3 is 15.8 Å². The summed E-state index contributed by atoms with van der Waals surface area (Å²) in [5.41, 5.74) is 6.20. The molecule has 1 rings (SSSR count). The molecule has 0 heterocycles. The number of anilines is 2. The number of rotatable bonds is 5. The largest absolute Gasteiger partial charge is 0.397 e. The number of halogens is 1. The number of methoxy groups -OCH3 is 1. The summed E-state index contributed by atoms with van der Waals surface area (Å²) in [7, 11) is 1.58. The van der Waals surface area contributed by atoms with E-state index in [9.17, 15) is 9.18 Å². The van der Waals surface area contributed by atoms with Crippen LogP contribution in [0.2, 0.25) is 0 Å². The van der Waals surface area contributed by atoms with Crippen LogP contribution in [0.3, 0.4) is 0 Å². The van der Waals surface area contributed by atoms with Gasteiger partial charge in [0.15, 0.2) is 0 Å². The van der Waals surface area contributed by atoms with Gasteiger partial charge in [-0.15, -0.1) is 0 Å². The second kappa shape index (κ2) is 6.07. The standard InChI is InChI=1S/C11H15FN2O2/c1-16-6-2-3-11(15)14-10-5-4-8(12)7-9(10)13/h4-5,7H,2-3,6,13H2,1H3,(H,14,15). The van der Waals surface area contributed by atoms with Crippen molar-refractivity contribution in [2.75, 3.05) is 24.8 Å². The van der Waals surface area contributed by atoms with Crippen LogP contribution in [0.5, 0.6) is 0 Å². The van der Waals surface area contributed by atoms with Crippen LogP contribution in [-0.2, 0) is 9.53 Å². The van der Waals surface area contributed by atoms with Gasteiger partial charge in [-0.2, -0.15) is 0 Å². The van der Waals surface area contributed by atoms with E-state index < -0.39 is 5.82 Å². The lowest BCUT2D eigenvalue weighted by Gasteiger charge is -2.07. The topological polar surface area (TPSA) is 64.3 Å². The smallest absolute Gasteiger partial charge is 0.224 e. The Morgan fingerprint density at radius 1 is 1.56 bits per heavy atom. The normalized spacial score (nSPS) is 10.1. The van der Waals surface area contributed by atoms with E-state index in [4.69, 9.17) is 10.5 Å². The van der Waals surface area contributed by atoms with Crippen LogP contribution in [0.15, 0.2) is 18.2 Å². The number of carbonyl (C=O) groups is 1. The molecule has 0 aliphatic rings. The Bertz CT molecular complexity index is 369. The lowest BCUT2D eigenvalue weighted by molar-refractivity contribution is -0.116. The number of benzene rings is 1. The quantitative estimate of drug-likeness (QED) is 0.594. The lowest BCUT2D eigenvalue weighted by Crippen LogP contribution is -2.13. The van der Waals surface area contributed by atoms with E-state index in [0.29, 0.717) is 25.1 Å². The fourth-order valence-corrected chi connectivity index (χ4v) is 1.24. The van der Waals surface area contributed by atoms with Crippen molar-refractivity contribution >= 4 is 17.3 Å². The second-order valence-corrected chi connectivity index (χ2v) is 3.38. The molecular weight excluding hydrogens is 211 g/mol. The zero-order valence-electron chi connectivity index (χ0n) is 9.13. The molecule has 0 spiro atoms. The van der Waals surface area contributed by atoms with Crippen molar-refractivity contribution in [2.45, 2.75) is 12.8 Å². The van der Waals surface area contributed by atoms with Crippen LogP contribution < -0.4 is 11.1 Å². The Balaban J connectivity index is 2.49. The second-order valence-electron chi connectivity index (χ2n) is 3.38.